The van der Waals surface area contributed by atoms with E-state index in [4.69, 9.17) is 0 Å². The number of hydrogen-bond acceptors (Lipinski definition) is 2. The Labute approximate surface area is 98.1 Å². The van der Waals surface area contributed by atoms with Crippen LogP contribution in [0.15, 0.2) is 35.1 Å². The first kappa shape index (κ1) is 11.2. The molecule has 1 amide bonds. The summed E-state index contributed by atoms with van der Waals surface area (Å²) in [6, 6.07) is 8.60. The Hall–Kier alpha value is -2.30. The summed E-state index contributed by atoms with van der Waals surface area (Å²) >= 11 is 0. The van der Waals surface area contributed by atoms with E-state index in [9.17, 15) is 9.59 Å². The van der Waals surface area contributed by atoms with E-state index in [1.807, 2.05) is 6.92 Å². The monoisotopic (exact) mass is 231 g/mol. The number of nitrogens with zero attached hydrogens (tertiary/aromatic N) is 1. The molecule has 5 heteroatoms. The predicted octanol–water partition coefficient (Wildman–Crippen LogP) is 1.43. The van der Waals surface area contributed by atoms with E-state index in [1.165, 1.54) is 17.7 Å². The van der Waals surface area contributed by atoms with Crippen molar-refractivity contribution < 1.29 is 4.79 Å². The minimum absolute atomic E-state index is 0.123. The van der Waals surface area contributed by atoms with Crippen LogP contribution in [0.2, 0.25) is 0 Å². The van der Waals surface area contributed by atoms with Gasteiger partial charge in [0.15, 0.2) is 0 Å². The van der Waals surface area contributed by atoms with Crippen LogP contribution >= 0.6 is 0 Å². The molecule has 0 spiro atoms. The lowest BCUT2D eigenvalue weighted by Gasteiger charge is -2.05. The molecule has 2 N–H and O–H groups in total. The first-order valence-corrected chi connectivity index (χ1v) is 5.23. The highest BCUT2D eigenvalue weighted by atomic mass is 16.1. The van der Waals surface area contributed by atoms with Gasteiger partial charge in [-0.3, -0.25) is 14.7 Å². The molecule has 0 aliphatic rings. The first-order valence-electron chi connectivity index (χ1n) is 5.23. The number of anilines is 1. The van der Waals surface area contributed by atoms with Crippen LogP contribution in [0.25, 0.3) is 5.69 Å². The lowest BCUT2D eigenvalue weighted by molar-refractivity contribution is -0.114. The van der Waals surface area contributed by atoms with Crippen LogP contribution in [0.3, 0.4) is 0 Å². The van der Waals surface area contributed by atoms with Crippen LogP contribution < -0.4 is 10.9 Å². The number of nitrogens with one attached hydrogen (secondary N) is 2. The Morgan fingerprint density at radius 3 is 2.71 bits per heavy atom. The van der Waals surface area contributed by atoms with Crippen molar-refractivity contribution in [3.63, 3.8) is 0 Å². The highest BCUT2D eigenvalue weighted by Crippen LogP contribution is 2.12. The predicted molar refractivity (Wildman–Crippen MR) is 65.4 cm³/mol. The van der Waals surface area contributed by atoms with Gasteiger partial charge < -0.3 is 5.32 Å². The van der Waals surface area contributed by atoms with Gasteiger partial charge in [-0.05, 0) is 25.1 Å². The highest BCUT2D eigenvalue weighted by Gasteiger charge is 2.03. The fourth-order valence-electron chi connectivity index (χ4n) is 1.63. The number of amides is 1. The summed E-state index contributed by atoms with van der Waals surface area (Å²) in [6.07, 6.45) is 0. The zero-order valence-corrected chi connectivity index (χ0v) is 9.65. The van der Waals surface area contributed by atoms with Crippen molar-refractivity contribution in [2.45, 2.75) is 13.8 Å². The smallest absolute Gasteiger partial charge is 0.271 e. The molecule has 0 saturated heterocycles. The number of aromatic nitrogens is 2. The number of benzene rings is 1. The molecule has 0 fully saturated rings. The number of hydrogen-bond donors (Lipinski definition) is 2. The molecular formula is C12H13N3O2. The van der Waals surface area contributed by atoms with Gasteiger partial charge in [0.05, 0.1) is 5.69 Å². The third-order valence-corrected chi connectivity index (χ3v) is 2.27. The molecule has 2 aromatic rings. The fraction of sp³-hybridized carbons (Fsp3) is 0.167. The van der Waals surface area contributed by atoms with Gasteiger partial charge in [0.1, 0.15) is 0 Å². The molecule has 1 heterocycles. The van der Waals surface area contributed by atoms with Crippen molar-refractivity contribution in [3.8, 4) is 5.69 Å². The molecule has 0 aliphatic heterocycles. The van der Waals surface area contributed by atoms with Crippen molar-refractivity contribution in [1.29, 1.82) is 0 Å². The molecule has 1 aromatic heterocycles. The van der Waals surface area contributed by atoms with E-state index < -0.39 is 0 Å². The van der Waals surface area contributed by atoms with Gasteiger partial charge in [0, 0.05) is 24.4 Å². The van der Waals surface area contributed by atoms with Crippen LogP contribution in [-0.4, -0.2) is 15.7 Å². The molecule has 5 nitrogen and oxygen atoms in total. The Morgan fingerprint density at radius 1 is 1.35 bits per heavy atom. The minimum atomic E-state index is -0.142. The lowest BCUT2D eigenvalue weighted by atomic mass is 10.3. The number of aromatic amines is 1. The Kier molecular flexibility index (Phi) is 2.82. The van der Waals surface area contributed by atoms with Gasteiger partial charge in [-0.25, -0.2) is 4.68 Å². The molecule has 17 heavy (non-hydrogen) atoms. The SMILES string of the molecule is CC(=O)Nc1cccc(-n2[nH]c(C)cc2=O)c1. The zero-order chi connectivity index (χ0) is 12.4. The maximum absolute atomic E-state index is 11.6. The van der Waals surface area contributed by atoms with Crippen LogP contribution in [-0.2, 0) is 4.79 Å². The van der Waals surface area contributed by atoms with Crippen molar-refractivity contribution in [2.24, 2.45) is 0 Å². The van der Waals surface area contributed by atoms with Gasteiger partial charge in [-0.2, -0.15) is 0 Å². The Bertz CT molecular complexity index is 610. The largest absolute Gasteiger partial charge is 0.326 e. The van der Waals surface area contributed by atoms with Crippen LogP contribution in [0.5, 0.6) is 0 Å². The summed E-state index contributed by atoms with van der Waals surface area (Å²) in [4.78, 5) is 22.6. The summed E-state index contributed by atoms with van der Waals surface area (Å²) in [5.74, 6) is -0.142. The number of rotatable bonds is 2. The van der Waals surface area contributed by atoms with Crippen molar-refractivity contribution in [1.82, 2.24) is 9.78 Å². The van der Waals surface area contributed by atoms with E-state index in [1.54, 1.807) is 24.3 Å². The van der Waals surface area contributed by atoms with E-state index >= 15 is 0 Å². The molecule has 0 bridgehead atoms. The van der Waals surface area contributed by atoms with E-state index in [0.29, 0.717) is 11.4 Å². The van der Waals surface area contributed by atoms with E-state index in [-0.39, 0.29) is 11.5 Å². The number of carbonyl (C=O) groups excluding carboxylic acids is 1. The summed E-state index contributed by atoms with van der Waals surface area (Å²) in [5.41, 5.74) is 2.02. The Balaban J connectivity index is 2.43. The van der Waals surface area contributed by atoms with E-state index in [2.05, 4.69) is 10.4 Å². The molecule has 1 aromatic carbocycles. The molecule has 0 atom stereocenters. The Morgan fingerprint density at radius 2 is 2.12 bits per heavy atom. The second-order valence-electron chi connectivity index (χ2n) is 3.84. The van der Waals surface area contributed by atoms with Gasteiger partial charge in [0.2, 0.25) is 5.91 Å². The molecule has 0 aliphatic carbocycles. The van der Waals surface area contributed by atoms with E-state index in [0.717, 1.165) is 5.69 Å². The average molecular weight is 231 g/mol. The maximum Gasteiger partial charge on any atom is 0.271 e. The van der Waals surface area contributed by atoms with Crippen molar-refractivity contribution >= 4 is 11.6 Å². The summed E-state index contributed by atoms with van der Waals surface area (Å²) in [6.45, 7) is 3.26. The van der Waals surface area contributed by atoms with Crippen LogP contribution in [0.1, 0.15) is 12.6 Å². The first-order chi connectivity index (χ1) is 8.06. The number of aryl methyl sites for hydroxylation is 1. The number of carbonyl (C=O) groups is 1. The lowest BCUT2D eigenvalue weighted by Crippen LogP contribution is -2.14. The van der Waals surface area contributed by atoms with Gasteiger partial charge in [0.25, 0.3) is 5.56 Å². The quantitative estimate of drug-likeness (QED) is 0.821. The highest BCUT2D eigenvalue weighted by molar-refractivity contribution is 5.88. The van der Waals surface area contributed by atoms with Crippen molar-refractivity contribution in [3.05, 3.63) is 46.4 Å². The van der Waals surface area contributed by atoms with Gasteiger partial charge >= 0.3 is 0 Å². The molecule has 88 valence electrons. The fourth-order valence-corrected chi connectivity index (χ4v) is 1.63. The third kappa shape index (κ3) is 2.44. The topological polar surface area (TPSA) is 66.9 Å². The molecular weight excluding hydrogens is 218 g/mol. The minimum Gasteiger partial charge on any atom is -0.326 e. The average Bonchev–Trinajstić information content (AvgIpc) is 2.57. The van der Waals surface area contributed by atoms with Crippen LogP contribution in [0.4, 0.5) is 5.69 Å². The van der Waals surface area contributed by atoms with Gasteiger partial charge in [-0.1, -0.05) is 6.07 Å². The van der Waals surface area contributed by atoms with Crippen molar-refractivity contribution in [2.75, 3.05) is 5.32 Å². The molecule has 0 radical (unpaired) electrons. The second-order valence-corrected chi connectivity index (χ2v) is 3.84. The third-order valence-electron chi connectivity index (χ3n) is 2.27. The molecule has 0 unspecified atom stereocenters. The zero-order valence-electron chi connectivity index (χ0n) is 9.65. The maximum atomic E-state index is 11.6. The summed E-state index contributed by atoms with van der Waals surface area (Å²) in [7, 11) is 0. The normalized spacial score (nSPS) is 10.2. The standard InChI is InChI=1S/C12H13N3O2/c1-8-6-12(17)15(14-8)11-5-3-4-10(7-11)13-9(2)16/h3-7,14H,1-2H3,(H,13,16). The summed E-state index contributed by atoms with van der Waals surface area (Å²) < 4.78 is 1.43. The second kappa shape index (κ2) is 4.29. The molecule has 0 saturated carbocycles. The van der Waals surface area contributed by atoms with Crippen LogP contribution in [0, 0.1) is 6.92 Å². The molecule has 2 rings (SSSR count). The van der Waals surface area contributed by atoms with Gasteiger partial charge in [-0.15, -0.1) is 0 Å². The summed E-state index contributed by atoms with van der Waals surface area (Å²) in [5, 5.41) is 5.61. The number of H-pyrrole nitrogens is 1.